The number of hydrogen-bond donors (Lipinski definition) is 0. The second-order valence-corrected chi connectivity index (χ2v) is 6.45. The maximum atomic E-state index is 12.9. The molecule has 32 heavy (non-hydrogen) atoms. The molecule has 0 saturated carbocycles. The maximum absolute atomic E-state index is 12.9. The second-order valence-electron chi connectivity index (χ2n) is 6.45. The summed E-state index contributed by atoms with van der Waals surface area (Å²) in [4.78, 5) is 58.5. The van der Waals surface area contributed by atoms with Gasteiger partial charge in [-0.3, -0.25) is 9.59 Å². The predicted octanol–water partition coefficient (Wildman–Crippen LogP) is 2.99. The van der Waals surface area contributed by atoms with Gasteiger partial charge in [-0.25, -0.2) is 19.6 Å². The lowest BCUT2D eigenvalue weighted by atomic mass is 10.0. The van der Waals surface area contributed by atoms with Crippen molar-refractivity contribution in [2.75, 3.05) is 13.2 Å². The van der Waals surface area contributed by atoms with Crippen molar-refractivity contribution in [1.29, 1.82) is 0 Å². The van der Waals surface area contributed by atoms with E-state index in [9.17, 15) is 19.2 Å². The quantitative estimate of drug-likeness (QED) is 0.320. The van der Waals surface area contributed by atoms with Gasteiger partial charge in [-0.05, 0) is 26.0 Å². The van der Waals surface area contributed by atoms with Gasteiger partial charge in [0.2, 0.25) is 0 Å². The van der Waals surface area contributed by atoms with E-state index in [-0.39, 0.29) is 35.7 Å². The van der Waals surface area contributed by atoms with Gasteiger partial charge < -0.3 is 18.9 Å². The first-order valence-corrected chi connectivity index (χ1v) is 9.75. The van der Waals surface area contributed by atoms with E-state index in [0.717, 1.165) is 13.8 Å². The SMILES string of the molecule is CCOC(=O)c1c(C(=O)OCC)c(OC(C)=O)c2nc3ccccc3nc2c1OC(C)=O. The fourth-order valence-electron chi connectivity index (χ4n) is 3.06. The van der Waals surface area contributed by atoms with E-state index in [1.54, 1.807) is 38.1 Å². The standard InChI is InChI=1S/C22H20N2O8/c1-5-29-21(27)15-16(22(28)30-6-2)20(32-12(4)26)18-17(19(15)31-11(3)25)23-13-9-7-8-10-14(13)24-18/h7-10H,5-6H2,1-4H3. The van der Waals surface area contributed by atoms with Crippen molar-refractivity contribution in [1.82, 2.24) is 9.97 Å². The van der Waals surface area contributed by atoms with Crippen LogP contribution in [0.3, 0.4) is 0 Å². The van der Waals surface area contributed by atoms with E-state index < -0.39 is 35.0 Å². The van der Waals surface area contributed by atoms with Crippen LogP contribution in [-0.2, 0) is 19.1 Å². The molecule has 1 heterocycles. The van der Waals surface area contributed by atoms with Gasteiger partial charge in [-0.1, -0.05) is 12.1 Å². The minimum absolute atomic E-state index is 0.0368. The van der Waals surface area contributed by atoms with Crippen LogP contribution < -0.4 is 9.47 Å². The van der Waals surface area contributed by atoms with Crippen LogP contribution in [-0.4, -0.2) is 47.1 Å². The molecule has 0 amide bonds. The molecular weight excluding hydrogens is 420 g/mol. The average Bonchev–Trinajstić information content (AvgIpc) is 2.73. The Morgan fingerprint density at radius 2 is 1.09 bits per heavy atom. The highest BCUT2D eigenvalue weighted by molar-refractivity contribution is 6.14. The first-order valence-electron chi connectivity index (χ1n) is 9.75. The Morgan fingerprint density at radius 1 is 0.719 bits per heavy atom. The van der Waals surface area contributed by atoms with Gasteiger partial charge in [0.1, 0.15) is 22.2 Å². The van der Waals surface area contributed by atoms with Crippen LogP contribution in [0.2, 0.25) is 0 Å². The van der Waals surface area contributed by atoms with Crippen LogP contribution in [0.25, 0.3) is 22.1 Å². The number of esters is 4. The molecule has 3 rings (SSSR count). The minimum atomic E-state index is -0.989. The van der Waals surface area contributed by atoms with Gasteiger partial charge in [-0.2, -0.15) is 0 Å². The number of carbonyl (C=O) groups excluding carboxylic acids is 4. The fraction of sp³-hybridized carbons (Fsp3) is 0.273. The zero-order chi connectivity index (χ0) is 23.4. The summed E-state index contributed by atoms with van der Waals surface area (Å²) >= 11 is 0. The third kappa shape index (κ3) is 4.34. The highest BCUT2D eigenvalue weighted by Crippen LogP contribution is 2.41. The summed E-state index contributed by atoms with van der Waals surface area (Å²) < 4.78 is 20.8. The topological polar surface area (TPSA) is 131 Å². The van der Waals surface area contributed by atoms with E-state index in [1.165, 1.54) is 0 Å². The van der Waals surface area contributed by atoms with Crippen molar-refractivity contribution in [3.8, 4) is 11.5 Å². The van der Waals surface area contributed by atoms with E-state index in [1.807, 2.05) is 0 Å². The van der Waals surface area contributed by atoms with Crippen LogP contribution in [0.4, 0.5) is 0 Å². The zero-order valence-electron chi connectivity index (χ0n) is 17.9. The van der Waals surface area contributed by atoms with E-state index in [2.05, 4.69) is 9.97 Å². The van der Waals surface area contributed by atoms with Gasteiger partial charge in [0.05, 0.1) is 24.2 Å². The largest absolute Gasteiger partial charge is 0.462 e. The summed E-state index contributed by atoms with van der Waals surface area (Å²) in [6.45, 7) is 5.30. The van der Waals surface area contributed by atoms with E-state index in [4.69, 9.17) is 18.9 Å². The summed E-state index contributed by atoms with van der Waals surface area (Å²) in [5, 5.41) is 0. The van der Waals surface area contributed by atoms with E-state index >= 15 is 0 Å². The maximum Gasteiger partial charge on any atom is 0.343 e. The molecule has 0 aliphatic carbocycles. The highest BCUT2D eigenvalue weighted by Gasteiger charge is 2.35. The van der Waals surface area contributed by atoms with Crippen LogP contribution in [0, 0.1) is 0 Å². The fourth-order valence-corrected chi connectivity index (χ4v) is 3.06. The van der Waals surface area contributed by atoms with Crippen molar-refractivity contribution in [2.45, 2.75) is 27.7 Å². The summed E-state index contributed by atoms with van der Waals surface area (Å²) in [5.41, 5.74) is -0.193. The monoisotopic (exact) mass is 440 g/mol. The Bertz CT molecular complexity index is 1160. The molecule has 0 fully saturated rings. The van der Waals surface area contributed by atoms with Gasteiger partial charge in [0.15, 0.2) is 11.5 Å². The molecule has 0 N–H and O–H groups in total. The van der Waals surface area contributed by atoms with Gasteiger partial charge >= 0.3 is 23.9 Å². The summed E-state index contributed by atoms with van der Waals surface area (Å²) in [7, 11) is 0. The normalized spacial score (nSPS) is 10.6. The Balaban J connectivity index is 2.58. The molecule has 1 aromatic heterocycles. The number of para-hydroxylation sites is 2. The first-order chi connectivity index (χ1) is 15.3. The lowest BCUT2D eigenvalue weighted by Gasteiger charge is -2.18. The van der Waals surface area contributed by atoms with Gasteiger partial charge in [-0.15, -0.1) is 0 Å². The van der Waals surface area contributed by atoms with Crippen molar-refractivity contribution in [3.63, 3.8) is 0 Å². The lowest BCUT2D eigenvalue weighted by Crippen LogP contribution is -2.20. The summed E-state index contributed by atoms with van der Waals surface area (Å²) in [5.74, 6) is -4.22. The molecule has 166 valence electrons. The lowest BCUT2D eigenvalue weighted by molar-refractivity contribution is -0.133. The molecule has 3 aromatic rings. The average molecular weight is 440 g/mol. The number of rotatable bonds is 6. The zero-order valence-corrected chi connectivity index (χ0v) is 17.9. The number of hydrogen-bond acceptors (Lipinski definition) is 10. The Labute approximate surface area is 182 Å². The Morgan fingerprint density at radius 3 is 1.41 bits per heavy atom. The Kier molecular flexibility index (Phi) is 6.62. The molecule has 2 aromatic carbocycles. The number of benzene rings is 2. The van der Waals surface area contributed by atoms with Gasteiger partial charge in [0.25, 0.3) is 0 Å². The van der Waals surface area contributed by atoms with Crippen LogP contribution in [0.5, 0.6) is 11.5 Å². The molecule has 10 nitrogen and oxygen atoms in total. The van der Waals surface area contributed by atoms with Gasteiger partial charge in [0, 0.05) is 13.8 Å². The number of carbonyl (C=O) groups is 4. The smallest absolute Gasteiger partial charge is 0.343 e. The molecule has 0 aliphatic rings. The van der Waals surface area contributed by atoms with Crippen LogP contribution in [0.15, 0.2) is 24.3 Å². The molecule has 0 radical (unpaired) electrons. The highest BCUT2D eigenvalue weighted by atomic mass is 16.6. The van der Waals surface area contributed by atoms with Crippen molar-refractivity contribution < 1.29 is 38.1 Å². The van der Waals surface area contributed by atoms with E-state index in [0.29, 0.717) is 11.0 Å². The predicted molar refractivity (Wildman–Crippen MR) is 112 cm³/mol. The molecule has 0 saturated heterocycles. The number of aromatic nitrogens is 2. The van der Waals surface area contributed by atoms with Crippen LogP contribution in [0.1, 0.15) is 48.4 Å². The molecule has 0 spiro atoms. The first kappa shape index (κ1) is 22.6. The summed E-state index contributed by atoms with van der Waals surface area (Å²) in [6, 6.07) is 6.77. The van der Waals surface area contributed by atoms with Crippen molar-refractivity contribution in [3.05, 3.63) is 35.4 Å². The number of nitrogens with zero attached hydrogens (tertiary/aromatic N) is 2. The Hall–Kier alpha value is -4.08. The molecule has 0 atom stereocenters. The van der Waals surface area contributed by atoms with Crippen LogP contribution >= 0.6 is 0 Å². The third-order valence-corrected chi connectivity index (χ3v) is 4.16. The number of ether oxygens (including phenoxy) is 4. The third-order valence-electron chi connectivity index (χ3n) is 4.16. The molecule has 10 heteroatoms. The molecule has 0 unspecified atom stereocenters. The summed E-state index contributed by atoms with van der Waals surface area (Å²) in [6.07, 6.45) is 0. The second kappa shape index (κ2) is 9.38. The molecule has 0 aliphatic heterocycles. The van der Waals surface area contributed by atoms with Crippen molar-refractivity contribution >= 4 is 45.9 Å². The molecule has 0 bridgehead atoms. The minimum Gasteiger partial charge on any atom is -0.462 e. The van der Waals surface area contributed by atoms with Crippen molar-refractivity contribution in [2.24, 2.45) is 0 Å². The molecular formula is C22H20N2O8. The number of fused-ring (bicyclic) bond motifs is 2.